The highest BCUT2D eigenvalue weighted by atomic mass is 35.5. The monoisotopic (exact) mass is 459 g/mol. The fourth-order valence-electron chi connectivity index (χ4n) is 4.15. The molecule has 0 fully saturated rings. The fourth-order valence-corrected chi connectivity index (χ4v) is 4.56. The molecule has 5 rings (SSSR count). The molecule has 160 valence electrons. The van der Waals surface area contributed by atoms with Gasteiger partial charge in [0, 0.05) is 23.3 Å². The van der Waals surface area contributed by atoms with Crippen LogP contribution in [0.25, 0.3) is 22.4 Å². The lowest BCUT2D eigenvalue weighted by atomic mass is 9.99. The van der Waals surface area contributed by atoms with Crippen LogP contribution < -0.4 is 5.32 Å². The molecule has 1 aromatic heterocycles. The van der Waals surface area contributed by atoms with Gasteiger partial charge in [0.1, 0.15) is 5.82 Å². The Kier molecular flexibility index (Phi) is 6.02. The number of benzene rings is 2. The van der Waals surface area contributed by atoms with Crippen LogP contribution in [0, 0.1) is 0 Å². The van der Waals surface area contributed by atoms with Gasteiger partial charge in [-0.3, -0.25) is 0 Å². The van der Waals surface area contributed by atoms with E-state index in [4.69, 9.17) is 28.2 Å². The van der Waals surface area contributed by atoms with Crippen LogP contribution in [0.15, 0.2) is 90.1 Å². The third kappa shape index (κ3) is 4.06. The normalized spacial score (nSPS) is 15.6. The van der Waals surface area contributed by atoms with Crippen molar-refractivity contribution in [1.29, 1.82) is 0 Å². The molecule has 5 heteroatoms. The second kappa shape index (κ2) is 9.23. The third-order valence-corrected chi connectivity index (χ3v) is 6.44. The number of nitrogens with zero attached hydrogens (tertiary/aromatic N) is 2. The highest BCUT2D eigenvalue weighted by Crippen LogP contribution is 2.37. The Morgan fingerprint density at radius 2 is 1.75 bits per heavy atom. The van der Waals surface area contributed by atoms with E-state index in [1.807, 2.05) is 48.7 Å². The summed E-state index contributed by atoms with van der Waals surface area (Å²) in [6.45, 7) is 1.30. The summed E-state index contributed by atoms with van der Waals surface area (Å²) in [5.74, 6) is 0.826. The maximum absolute atomic E-state index is 6.66. The molecule has 0 atom stereocenters. The topological polar surface area (TPSA) is 29.9 Å². The zero-order valence-corrected chi connectivity index (χ0v) is 19.1. The summed E-state index contributed by atoms with van der Waals surface area (Å²) in [5, 5.41) is 4.73. The molecule has 3 aromatic rings. The van der Waals surface area contributed by atoms with E-state index in [0.29, 0.717) is 18.1 Å². The van der Waals surface area contributed by atoms with Crippen LogP contribution in [0.3, 0.4) is 0 Å². The van der Waals surface area contributed by atoms with E-state index >= 15 is 0 Å². The molecule has 0 unspecified atom stereocenters. The number of hydrogen-bond acceptors (Lipinski definition) is 2. The molecular formula is C27H23Cl2N3. The van der Waals surface area contributed by atoms with E-state index in [1.165, 1.54) is 5.57 Å². The van der Waals surface area contributed by atoms with Crippen molar-refractivity contribution in [2.75, 3.05) is 6.54 Å². The van der Waals surface area contributed by atoms with Gasteiger partial charge >= 0.3 is 0 Å². The Bertz CT molecular complexity index is 1260. The molecule has 0 saturated carbocycles. The minimum absolute atomic E-state index is 0.594. The molecule has 3 nitrogen and oxygen atoms in total. The van der Waals surface area contributed by atoms with Gasteiger partial charge in [0.05, 0.1) is 28.5 Å². The van der Waals surface area contributed by atoms with Gasteiger partial charge in [0.15, 0.2) is 0 Å². The lowest BCUT2D eigenvalue weighted by Crippen LogP contribution is -2.15. The van der Waals surface area contributed by atoms with E-state index in [9.17, 15) is 0 Å². The molecule has 2 aliphatic rings. The first-order valence-electron chi connectivity index (χ1n) is 10.8. The molecule has 0 spiro atoms. The van der Waals surface area contributed by atoms with Crippen LogP contribution in [0.5, 0.6) is 0 Å². The van der Waals surface area contributed by atoms with Gasteiger partial charge in [-0.2, -0.15) is 0 Å². The highest BCUT2D eigenvalue weighted by molar-refractivity contribution is 6.37. The van der Waals surface area contributed by atoms with E-state index < -0.39 is 0 Å². The van der Waals surface area contributed by atoms with Gasteiger partial charge < -0.3 is 9.88 Å². The SMILES string of the molecule is ClC1=CCNC=C1c1nc(-c2ccccc2)c(C2=CCCC=C2)n1Cc1ccccc1Cl. The third-order valence-electron chi connectivity index (χ3n) is 5.71. The van der Waals surface area contributed by atoms with E-state index in [0.717, 1.165) is 51.8 Å². The highest BCUT2D eigenvalue weighted by Gasteiger charge is 2.25. The summed E-state index contributed by atoms with van der Waals surface area (Å²) in [4.78, 5) is 5.17. The number of dihydropyridines is 1. The molecular weight excluding hydrogens is 437 g/mol. The van der Waals surface area contributed by atoms with E-state index in [1.54, 1.807) is 0 Å². The fraction of sp³-hybridized carbons (Fsp3) is 0.148. The minimum atomic E-state index is 0.594. The Labute approximate surface area is 198 Å². The van der Waals surface area contributed by atoms with Crippen molar-refractivity contribution < 1.29 is 0 Å². The molecule has 1 aliphatic heterocycles. The van der Waals surface area contributed by atoms with Crippen molar-refractivity contribution in [2.24, 2.45) is 0 Å². The second-order valence-electron chi connectivity index (χ2n) is 7.83. The lowest BCUT2D eigenvalue weighted by Gasteiger charge is -2.18. The summed E-state index contributed by atoms with van der Waals surface area (Å²) < 4.78 is 2.25. The van der Waals surface area contributed by atoms with Crippen LogP contribution >= 0.6 is 23.2 Å². The van der Waals surface area contributed by atoms with Gasteiger partial charge in [-0.05, 0) is 36.1 Å². The van der Waals surface area contributed by atoms with Crippen molar-refractivity contribution in [1.82, 2.24) is 14.9 Å². The molecule has 2 aromatic carbocycles. The zero-order valence-electron chi connectivity index (χ0n) is 17.6. The average Bonchev–Trinajstić information content (AvgIpc) is 3.21. The molecule has 1 N–H and O–H groups in total. The van der Waals surface area contributed by atoms with Crippen molar-refractivity contribution in [3.8, 4) is 11.3 Å². The molecule has 32 heavy (non-hydrogen) atoms. The molecule has 2 heterocycles. The maximum Gasteiger partial charge on any atom is 0.144 e. The number of aromatic nitrogens is 2. The Hall–Kier alpha value is -3.01. The minimum Gasteiger partial charge on any atom is -0.387 e. The number of hydrogen-bond donors (Lipinski definition) is 1. The standard InChI is InChI=1S/C27H23Cl2N3/c28-23-14-8-7-13-21(23)18-32-26(20-11-5-2-6-12-20)25(19-9-3-1-4-10-19)31-27(32)22-17-30-16-15-24(22)29/h1,3-5,7-15,17,30H,2,6,16,18H2. The average molecular weight is 460 g/mol. The first kappa shape index (κ1) is 20.9. The number of rotatable bonds is 5. The summed E-state index contributed by atoms with van der Waals surface area (Å²) in [5.41, 5.74) is 6.20. The summed E-state index contributed by atoms with van der Waals surface area (Å²) in [7, 11) is 0. The van der Waals surface area contributed by atoms with Crippen LogP contribution in [0.4, 0.5) is 0 Å². The first-order chi connectivity index (χ1) is 15.7. The molecule has 1 aliphatic carbocycles. The van der Waals surface area contributed by atoms with Gasteiger partial charge in [-0.1, -0.05) is 90.0 Å². The van der Waals surface area contributed by atoms with Gasteiger partial charge in [-0.15, -0.1) is 0 Å². The number of halogens is 2. The first-order valence-corrected chi connectivity index (χ1v) is 11.5. The van der Waals surface area contributed by atoms with Crippen LogP contribution in [-0.4, -0.2) is 16.1 Å². The summed E-state index contributed by atoms with van der Waals surface area (Å²) >= 11 is 13.2. The number of imidazole rings is 1. The number of allylic oxidation sites excluding steroid dienone is 6. The zero-order chi connectivity index (χ0) is 21.9. The number of nitrogens with one attached hydrogen (secondary N) is 1. The molecule has 0 bridgehead atoms. The van der Waals surface area contributed by atoms with E-state index in [-0.39, 0.29) is 0 Å². The second-order valence-corrected chi connectivity index (χ2v) is 8.65. The summed E-state index contributed by atoms with van der Waals surface area (Å²) in [6, 6.07) is 18.3. The van der Waals surface area contributed by atoms with Crippen molar-refractivity contribution in [3.05, 3.63) is 112 Å². The van der Waals surface area contributed by atoms with Gasteiger partial charge in [-0.25, -0.2) is 4.98 Å². The van der Waals surface area contributed by atoms with Gasteiger partial charge in [0.2, 0.25) is 0 Å². The smallest absolute Gasteiger partial charge is 0.144 e. The van der Waals surface area contributed by atoms with Gasteiger partial charge in [0.25, 0.3) is 0 Å². The van der Waals surface area contributed by atoms with Crippen molar-refractivity contribution in [3.63, 3.8) is 0 Å². The molecule has 0 radical (unpaired) electrons. The van der Waals surface area contributed by atoms with E-state index in [2.05, 4.69) is 46.3 Å². The predicted octanol–water partition coefficient (Wildman–Crippen LogP) is 7.05. The Morgan fingerprint density at radius 1 is 0.938 bits per heavy atom. The van der Waals surface area contributed by atoms with Crippen LogP contribution in [-0.2, 0) is 6.54 Å². The maximum atomic E-state index is 6.66. The quantitative estimate of drug-likeness (QED) is 0.442. The predicted molar refractivity (Wildman–Crippen MR) is 134 cm³/mol. The molecule has 0 saturated heterocycles. The van der Waals surface area contributed by atoms with Crippen molar-refractivity contribution >= 4 is 34.3 Å². The lowest BCUT2D eigenvalue weighted by molar-refractivity contribution is 0.771. The van der Waals surface area contributed by atoms with Crippen LogP contribution in [0.1, 0.15) is 29.9 Å². The largest absolute Gasteiger partial charge is 0.387 e. The van der Waals surface area contributed by atoms with Crippen molar-refractivity contribution in [2.45, 2.75) is 19.4 Å². The Morgan fingerprint density at radius 3 is 2.50 bits per heavy atom. The summed E-state index contributed by atoms with van der Waals surface area (Å²) in [6.07, 6.45) is 12.7. The Balaban J connectivity index is 1.78. The molecule has 0 amide bonds. The van der Waals surface area contributed by atoms with Crippen LogP contribution in [0.2, 0.25) is 5.02 Å².